The molecule has 0 saturated heterocycles. The lowest BCUT2D eigenvalue weighted by atomic mass is 9.97. The van der Waals surface area contributed by atoms with Crippen LogP contribution in [0.5, 0.6) is 0 Å². The van der Waals surface area contributed by atoms with E-state index in [-0.39, 0.29) is 0 Å². The second-order valence-electron chi connectivity index (χ2n) is 20.7. The maximum atomic E-state index is 4.14. The van der Waals surface area contributed by atoms with E-state index in [0.717, 1.165) is 24.5 Å². The highest BCUT2D eigenvalue weighted by molar-refractivity contribution is 5.22. The fraction of sp³-hybridized carbons (Fsp3) is 0.760. The van der Waals surface area contributed by atoms with Crippen LogP contribution in [0.25, 0.3) is 0 Å². The Morgan fingerprint density at radius 1 is 0.364 bits per heavy atom. The van der Waals surface area contributed by atoms with Crippen molar-refractivity contribution in [2.45, 2.75) is 214 Å². The molecule has 4 aromatic heterocycles. The molecule has 372 valence electrons. The summed E-state index contributed by atoms with van der Waals surface area (Å²) in [6.45, 7) is 53.0. The van der Waals surface area contributed by atoms with E-state index in [1.165, 1.54) is 33.9 Å². The van der Waals surface area contributed by atoms with Gasteiger partial charge in [-0.05, 0) is 114 Å². The van der Waals surface area contributed by atoms with Gasteiger partial charge in [0.15, 0.2) is 0 Å². The van der Waals surface area contributed by atoms with Crippen LogP contribution in [0, 0.1) is 23.7 Å². The number of allylic oxidation sites excluding steroid dienone is 2. The Bertz CT molecular complexity index is 1820. The molecular weight excluding hydrogens is 825 g/mol. The van der Waals surface area contributed by atoms with Crippen LogP contribution in [-0.2, 0) is 0 Å². The van der Waals surface area contributed by atoms with Gasteiger partial charge in [0.05, 0.1) is 59.7 Å². The smallest absolute Gasteiger partial charge is 0.0852 e. The molecule has 0 atom stereocenters. The Morgan fingerprint density at radius 2 is 0.682 bits per heavy atom. The van der Waals surface area contributed by atoms with Crippen LogP contribution >= 0.6 is 0 Å². The predicted molar refractivity (Wildman–Crippen MR) is 271 cm³/mol. The number of hydrogen-bond acceptors (Lipinski definition) is 12. The van der Waals surface area contributed by atoms with Gasteiger partial charge in [0, 0.05) is 36.6 Å². The number of azo groups is 2. The normalized spacial score (nSPS) is 13.5. The van der Waals surface area contributed by atoms with Crippen molar-refractivity contribution in [3.05, 3.63) is 70.1 Å². The van der Waals surface area contributed by atoms with Crippen molar-refractivity contribution in [3.63, 3.8) is 0 Å². The van der Waals surface area contributed by atoms with Gasteiger partial charge in [0.25, 0.3) is 0 Å². The molecule has 6 rings (SSSR count). The number of aromatic nitrogens is 12. The van der Waals surface area contributed by atoms with Gasteiger partial charge in [0.2, 0.25) is 0 Å². The fourth-order valence-electron chi connectivity index (χ4n) is 6.34. The molecule has 0 N–H and O–H groups in total. The van der Waals surface area contributed by atoms with Crippen molar-refractivity contribution in [2.75, 3.05) is 13.1 Å². The molecule has 16 heteroatoms. The van der Waals surface area contributed by atoms with Crippen LogP contribution in [0.2, 0.25) is 0 Å². The third-order valence-electron chi connectivity index (χ3n) is 10.6. The van der Waals surface area contributed by atoms with E-state index in [9.17, 15) is 0 Å². The highest BCUT2D eigenvalue weighted by Gasteiger charge is 2.19. The van der Waals surface area contributed by atoms with Crippen molar-refractivity contribution >= 4 is 0 Å². The van der Waals surface area contributed by atoms with Gasteiger partial charge in [0.1, 0.15) is 0 Å². The minimum atomic E-state index is 0.412. The first-order chi connectivity index (χ1) is 30.7. The third-order valence-corrected chi connectivity index (χ3v) is 10.6. The summed E-state index contributed by atoms with van der Waals surface area (Å²) in [6.07, 6.45) is 7.69. The summed E-state index contributed by atoms with van der Waals surface area (Å²) in [4.78, 5) is 0. The van der Waals surface area contributed by atoms with Crippen LogP contribution in [-0.4, -0.2) is 73.1 Å². The van der Waals surface area contributed by atoms with E-state index in [2.05, 4.69) is 228 Å². The largest absolute Gasteiger partial charge is 0.250 e. The number of hydrogen-bond donors (Lipinski definition) is 0. The molecule has 0 spiro atoms. The zero-order valence-electron chi connectivity index (χ0n) is 45.8. The van der Waals surface area contributed by atoms with Crippen molar-refractivity contribution in [1.29, 1.82) is 0 Å². The van der Waals surface area contributed by atoms with E-state index in [0.29, 0.717) is 71.5 Å². The SMILES string of the molecule is CC(C)C1=C(C(C)C)N=NC1.CC(C)C1=C(C(C)C)N=NC1.CC(C)c1cn(C(C)C)nn1.CC(C)c1cn(C(C)C)nn1.CC(C)c1cnnn1C(C)C.CC(C)c1cnnn1C(C)C. The Morgan fingerprint density at radius 3 is 0.848 bits per heavy atom. The van der Waals surface area contributed by atoms with Crippen molar-refractivity contribution in [1.82, 2.24) is 60.0 Å². The Kier molecular flexibility index (Phi) is 26.1. The van der Waals surface area contributed by atoms with Crippen LogP contribution in [0.4, 0.5) is 0 Å². The molecule has 4 aromatic rings. The molecule has 0 amide bonds. The van der Waals surface area contributed by atoms with Gasteiger partial charge in [-0.2, -0.15) is 20.5 Å². The molecule has 0 bridgehead atoms. The minimum absolute atomic E-state index is 0.412. The van der Waals surface area contributed by atoms with E-state index >= 15 is 0 Å². The summed E-state index contributed by atoms with van der Waals surface area (Å²) in [5, 5.41) is 48.2. The second-order valence-corrected chi connectivity index (χ2v) is 20.7. The van der Waals surface area contributed by atoms with Crippen LogP contribution < -0.4 is 0 Å². The lowest BCUT2D eigenvalue weighted by Gasteiger charge is -2.10. The van der Waals surface area contributed by atoms with Gasteiger partial charge in [-0.3, -0.25) is 0 Å². The quantitative estimate of drug-likeness (QED) is 0.135. The van der Waals surface area contributed by atoms with Crippen molar-refractivity contribution in [3.8, 4) is 0 Å². The summed E-state index contributed by atoms with van der Waals surface area (Å²) in [7, 11) is 0. The zero-order valence-corrected chi connectivity index (χ0v) is 45.8. The minimum Gasteiger partial charge on any atom is -0.250 e. The topological polar surface area (TPSA) is 172 Å². The monoisotopic (exact) mass is 917 g/mol. The fourth-order valence-corrected chi connectivity index (χ4v) is 6.34. The predicted octanol–water partition coefficient (Wildman–Crippen LogP) is 14.0. The Labute approximate surface area is 400 Å². The van der Waals surface area contributed by atoms with E-state index in [1.54, 1.807) is 0 Å². The molecule has 0 aromatic carbocycles. The molecule has 0 saturated carbocycles. The van der Waals surface area contributed by atoms with Crippen LogP contribution in [0.3, 0.4) is 0 Å². The van der Waals surface area contributed by atoms with Crippen LogP contribution in [0.1, 0.15) is 237 Å². The van der Waals surface area contributed by atoms with Gasteiger partial charge < -0.3 is 0 Å². The van der Waals surface area contributed by atoms with E-state index in [1.807, 2.05) is 43.5 Å². The maximum absolute atomic E-state index is 4.14. The highest BCUT2D eigenvalue weighted by Crippen LogP contribution is 2.28. The average Bonchev–Trinajstić information content (AvgIpc) is 4.08. The number of rotatable bonds is 12. The Hall–Kier alpha value is -4.76. The highest BCUT2D eigenvalue weighted by atomic mass is 15.4. The molecule has 0 radical (unpaired) electrons. The maximum Gasteiger partial charge on any atom is 0.0852 e. The standard InChI is InChI=1S/2C9H16N2.4C8H15N3/c2*1-6(2)8-5-10-11-9(8)7(3)4;2*1-6(2)8-5-11(7(3)4)10-9-8;2*1-6(2)8-5-9-10-11(8)7(3)4/h2*6-7H,5H2,1-4H3;4*5-7H,1-4H3. The zero-order chi connectivity index (χ0) is 50.6. The molecule has 0 aliphatic carbocycles. The third kappa shape index (κ3) is 19.6. The number of nitrogens with zero attached hydrogens (tertiary/aromatic N) is 16. The molecule has 2 aliphatic heterocycles. The first kappa shape index (κ1) is 59.3. The van der Waals surface area contributed by atoms with E-state index in [4.69, 9.17) is 0 Å². The van der Waals surface area contributed by atoms with Crippen LogP contribution in [0.15, 0.2) is 67.8 Å². The summed E-state index contributed by atoms with van der Waals surface area (Å²) in [5.74, 6) is 4.21. The molecule has 2 aliphatic rings. The van der Waals surface area contributed by atoms with Crippen molar-refractivity contribution < 1.29 is 0 Å². The lowest BCUT2D eigenvalue weighted by molar-refractivity contribution is 0.484. The van der Waals surface area contributed by atoms with Crippen molar-refractivity contribution in [2.24, 2.45) is 44.1 Å². The van der Waals surface area contributed by atoms with Gasteiger partial charge in [-0.1, -0.05) is 132 Å². The lowest BCUT2D eigenvalue weighted by Crippen LogP contribution is -2.08. The molecule has 0 fully saturated rings. The molecule has 66 heavy (non-hydrogen) atoms. The van der Waals surface area contributed by atoms with Gasteiger partial charge >= 0.3 is 0 Å². The molecular formula is C50H92N16. The summed E-state index contributed by atoms with van der Waals surface area (Å²) >= 11 is 0. The summed E-state index contributed by atoms with van der Waals surface area (Å²) in [6, 6.07) is 1.65. The summed E-state index contributed by atoms with van der Waals surface area (Å²) in [5.41, 5.74) is 9.80. The molecule has 6 heterocycles. The van der Waals surface area contributed by atoms with E-state index < -0.39 is 0 Å². The van der Waals surface area contributed by atoms with Gasteiger partial charge in [-0.25, -0.2) is 18.7 Å². The second kappa shape index (κ2) is 29.1. The molecule has 0 unspecified atom stereocenters. The average molecular weight is 917 g/mol. The Balaban J connectivity index is 0.000000396. The first-order valence-electron chi connectivity index (χ1n) is 24.6. The van der Waals surface area contributed by atoms with Gasteiger partial charge in [-0.15, -0.1) is 20.4 Å². The first-order valence-corrected chi connectivity index (χ1v) is 24.6. The summed E-state index contributed by atoms with van der Waals surface area (Å²) < 4.78 is 7.69. The molecule has 16 nitrogen and oxygen atoms in total.